The molecule has 0 saturated carbocycles. The molecule has 1 aliphatic heterocycles. The van der Waals surface area contributed by atoms with Gasteiger partial charge in [-0.2, -0.15) is 0 Å². The van der Waals surface area contributed by atoms with Gasteiger partial charge in [0.1, 0.15) is 0 Å². The molecule has 1 heterocycles. The number of morpholine rings is 1. The summed E-state index contributed by atoms with van der Waals surface area (Å²) < 4.78 is 5.38. The third-order valence-electron chi connectivity index (χ3n) is 4.90. The van der Waals surface area contributed by atoms with Crippen LogP contribution in [0.2, 0.25) is 0 Å². The average molecular weight is 396 g/mol. The number of hydrogen-bond donors (Lipinski definition) is 2. The Kier molecular flexibility index (Phi) is 6.72. The first kappa shape index (κ1) is 20.7. The van der Waals surface area contributed by atoms with E-state index in [0.717, 1.165) is 37.4 Å². The second-order valence-corrected chi connectivity index (χ2v) is 7.30. The average Bonchev–Trinajstić information content (AvgIpc) is 2.74. The Balaban J connectivity index is 1.56. The van der Waals surface area contributed by atoms with Crippen LogP contribution in [0, 0.1) is 6.92 Å². The quantitative estimate of drug-likeness (QED) is 0.815. The SMILES string of the molecule is Cc1ccc(C(=O)N(C)C)cc1NC(=O)NCc1ccc(N2CCOCC2)cc1. The van der Waals surface area contributed by atoms with E-state index in [-0.39, 0.29) is 11.9 Å². The first-order valence-electron chi connectivity index (χ1n) is 9.73. The Morgan fingerprint density at radius 1 is 1.07 bits per heavy atom. The van der Waals surface area contributed by atoms with Gasteiger partial charge in [0.2, 0.25) is 0 Å². The van der Waals surface area contributed by atoms with Gasteiger partial charge in [-0.15, -0.1) is 0 Å². The maximum atomic E-state index is 12.3. The fourth-order valence-electron chi connectivity index (χ4n) is 3.14. The Morgan fingerprint density at radius 2 is 1.76 bits per heavy atom. The van der Waals surface area contributed by atoms with Crippen molar-refractivity contribution in [2.24, 2.45) is 0 Å². The van der Waals surface area contributed by atoms with Crippen LogP contribution in [0.5, 0.6) is 0 Å². The van der Waals surface area contributed by atoms with Crippen LogP contribution in [0.25, 0.3) is 0 Å². The molecular formula is C22H28N4O3. The molecule has 0 unspecified atom stereocenters. The van der Waals surface area contributed by atoms with Crippen molar-refractivity contribution in [2.75, 3.05) is 50.6 Å². The van der Waals surface area contributed by atoms with E-state index >= 15 is 0 Å². The molecule has 0 aromatic heterocycles. The van der Waals surface area contributed by atoms with Gasteiger partial charge >= 0.3 is 6.03 Å². The summed E-state index contributed by atoms with van der Waals surface area (Å²) in [5.74, 6) is -0.103. The molecule has 1 fully saturated rings. The summed E-state index contributed by atoms with van der Waals surface area (Å²) in [7, 11) is 3.40. The maximum Gasteiger partial charge on any atom is 0.319 e. The molecule has 1 saturated heterocycles. The van der Waals surface area contributed by atoms with Crippen molar-refractivity contribution in [1.29, 1.82) is 0 Å². The first-order valence-corrected chi connectivity index (χ1v) is 9.73. The van der Waals surface area contributed by atoms with E-state index in [2.05, 4.69) is 27.7 Å². The Bertz CT molecular complexity index is 859. The topological polar surface area (TPSA) is 73.9 Å². The zero-order chi connectivity index (χ0) is 20.8. The van der Waals surface area contributed by atoms with Crippen LogP contribution in [-0.4, -0.2) is 57.2 Å². The number of ether oxygens (including phenoxy) is 1. The summed E-state index contributed by atoms with van der Waals surface area (Å²) in [6.45, 7) is 5.62. The highest BCUT2D eigenvalue weighted by Gasteiger charge is 2.13. The van der Waals surface area contributed by atoms with Crippen LogP contribution < -0.4 is 15.5 Å². The standard InChI is InChI=1S/C22H28N4O3/c1-16-4-7-18(21(27)25(2)3)14-20(16)24-22(28)23-15-17-5-8-19(9-6-17)26-10-12-29-13-11-26/h4-9,14H,10-13,15H2,1-3H3,(H2,23,24,28). The number of urea groups is 1. The molecule has 0 radical (unpaired) electrons. The van der Waals surface area contributed by atoms with Crippen LogP contribution in [0.15, 0.2) is 42.5 Å². The zero-order valence-corrected chi connectivity index (χ0v) is 17.2. The predicted molar refractivity (Wildman–Crippen MR) is 115 cm³/mol. The van der Waals surface area contributed by atoms with Gasteiger partial charge in [-0.05, 0) is 42.3 Å². The molecule has 0 atom stereocenters. The molecule has 154 valence electrons. The number of carbonyl (C=O) groups excluding carboxylic acids is 2. The summed E-state index contributed by atoms with van der Waals surface area (Å²) in [6, 6.07) is 13.2. The van der Waals surface area contributed by atoms with Crippen LogP contribution in [0.1, 0.15) is 21.5 Å². The van der Waals surface area contributed by atoms with Gasteiger partial charge in [-0.3, -0.25) is 4.79 Å². The molecule has 29 heavy (non-hydrogen) atoms. The van der Waals surface area contributed by atoms with E-state index in [9.17, 15) is 9.59 Å². The van der Waals surface area contributed by atoms with Crippen LogP contribution in [0.4, 0.5) is 16.2 Å². The van der Waals surface area contributed by atoms with Crippen LogP contribution >= 0.6 is 0 Å². The van der Waals surface area contributed by atoms with E-state index in [4.69, 9.17) is 4.74 Å². The number of benzene rings is 2. The number of nitrogens with one attached hydrogen (secondary N) is 2. The van der Waals surface area contributed by atoms with Crippen molar-refractivity contribution in [3.63, 3.8) is 0 Å². The summed E-state index contributed by atoms with van der Waals surface area (Å²) >= 11 is 0. The Hall–Kier alpha value is -3.06. The molecule has 7 nitrogen and oxygen atoms in total. The van der Waals surface area contributed by atoms with Gasteiger partial charge in [0, 0.05) is 50.7 Å². The number of rotatable bonds is 5. The maximum absolute atomic E-state index is 12.3. The summed E-state index contributed by atoms with van der Waals surface area (Å²) in [5, 5.41) is 5.70. The van der Waals surface area contributed by atoms with Crippen LogP contribution in [0.3, 0.4) is 0 Å². The molecule has 2 aromatic carbocycles. The number of hydrogen-bond acceptors (Lipinski definition) is 4. The molecule has 0 spiro atoms. The van der Waals surface area contributed by atoms with E-state index in [0.29, 0.717) is 17.8 Å². The lowest BCUT2D eigenvalue weighted by Gasteiger charge is -2.28. The lowest BCUT2D eigenvalue weighted by molar-refractivity contribution is 0.0827. The molecule has 7 heteroatoms. The van der Waals surface area contributed by atoms with Crippen molar-refractivity contribution in [3.8, 4) is 0 Å². The third kappa shape index (κ3) is 5.48. The lowest BCUT2D eigenvalue weighted by Crippen LogP contribution is -2.36. The number of nitrogens with zero attached hydrogens (tertiary/aromatic N) is 2. The predicted octanol–water partition coefficient (Wildman–Crippen LogP) is 2.86. The number of carbonyl (C=O) groups is 2. The van der Waals surface area contributed by atoms with Gasteiger partial charge in [-0.25, -0.2) is 4.79 Å². The fourth-order valence-corrected chi connectivity index (χ4v) is 3.14. The molecule has 0 bridgehead atoms. The zero-order valence-electron chi connectivity index (χ0n) is 17.2. The normalized spacial score (nSPS) is 13.7. The Morgan fingerprint density at radius 3 is 2.41 bits per heavy atom. The number of anilines is 2. The number of amides is 3. The highest BCUT2D eigenvalue weighted by Crippen LogP contribution is 2.19. The lowest BCUT2D eigenvalue weighted by atomic mass is 10.1. The van der Waals surface area contributed by atoms with E-state index in [1.165, 1.54) is 10.6 Å². The summed E-state index contributed by atoms with van der Waals surface area (Å²) in [5.41, 5.74) is 4.24. The summed E-state index contributed by atoms with van der Waals surface area (Å²) in [6.07, 6.45) is 0. The molecule has 0 aliphatic carbocycles. The van der Waals surface area contributed by atoms with Crippen molar-refractivity contribution < 1.29 is 14.3 Å². The van der Waals surface area contributed by atoms with Crippen molar-refractivity contribution in [1.82, 2.24) is 10.2 Å². The van der Waals surface area contributed by atoms with Crippen molar-refractivity contribution >= 4 is 23.3 Å². The van der Waals surface area contributed by atoms with Crippen molar-refractivity contribution in [2.45, 2.75) is 13.5 Å². The smallest absolute Gasteiger partial charge is 0.319 e. The van der Waals surface area contributed by atoms with E-state index < -0.39 is 0 Å². The Labute approximate surface area is 171 Å². The molecule has 1 aliphatic rings. The molecule has 2 aromatic rings. The second kappa shape index (κ2) is 9.43. The van der Waals surface area contributed by atoms with Crippen molar-refractivity contribution in [3.05, 3.63) is 59.2 Å². The minimum Gasteiger partial charge on any atom is -0.378 e. The summed E-state index contributed by atoms with van der Waals surface area (Å²) in [4.78, 5) is 28.3. The van der Waals surface area contributed by atoms with Gasteiger partial charge in [0.25, 0.3) is 5.91 Å². The van der Waals surface area contributed by atoms with E-state index in [1.807, 2.05) is 25.1 Å². The molecule has 3 amide bonds. The van der Waals surface area contributed by atoms with Gasteiger partial charge in [0.15, 0.2) is 0 Å². The second-order valence-electron chi connectivity index (χ2n) is 7.30. The van der Waals surface area contributed by atoms with Gasteiger partial charge in [-0.1, -0.05) is 18.2 Å². The fraction of sp³-hybridized carbons (Fsp3) is 0.364. The van der Waals surface area contributed by atoms with Gasteiger partial charge < -0.3 is 25.2 Å². The molecule has 2 N–H and O–H groups in total. The molecular weight excluding hydrogens is 368 g/mol. The van der Waals surface area contributed by atoms with Crippen LogP contribution in [-0.2, 0) is 11.3 Å². The largest absolute Gasteiger partial charge is 0.378 e. The van der Waals surface area contributed by atoms with E-state index in [1.54, 1.807) is 26.2 Å². The third-order valence-corrected chi connectivity index (χ3v) is 4.90. The monoisotopic (exact) mass is 396 g/mol. The van der Waals surface area contributed by atoms with Gasteiger partial charge in [0.05, 0.1) is 13.2 Å². The minimum atomic E-state index is -0.306. The molecule has 3 rings (SSSR count). The minimum absolute atomic E-state index is 0.103. The first-order chi connectivity index (χ1) is 13.9. The number of aryl methyl sites for hydroxylation is 1. The highest BCUT2D eigenvalue weighted by molar-refractivity contribution is 5.97. The highest BCUT2D eigenvalue weighted by atomic mass is 16.5.